The zero-order valence-corrected chi connectivity index (χ0v) is 20.7. The van der Waals surface area contributed by atoms with Gasteiger partial charge in [0.25, 0.3) is 0 Å². The largest absolute Gasteiger partial charge is 0.459 e. The van der Waals surface area contributed by atoms with E-state index < -0.39 is 48.1 Å². The SMILES string of the molecule is CC(CF)(CF)NC(=O)[C@@H]1CN(C(C)(C)c2cc3cnccc3o2)CCN1C(=O)OC(C)(C)C. The molecule has 188 valence electrons. The van der Waals surface area contributed by atoms with Gasteiger partial charge in [-0.05, 0) is 53.7 Å². The van der Waals surface area contributed by atoms with Crippen molar-refractivity contribution in [1.29, 1.82) is 0 Å². The third kappa shape index (κ3) is 5.48. The summed E-state index contributed by atoms with van der Waals surface area (Å²) < 4.78 is 38.4. The molecule has 3 rings (SSSR count). The molecule has 10 heteroatoms. The first-order chi connectivity index (χ1) is 15.8. The number of carbonyl (C=O) groups excluding carboxylic acids is 2. The Morgan fingerprint density at radius 2 is 1.85 bits per heavy atom. The van der Waals surface area contributed by atoms with Gasteiger partial charge in [0.1, 0.15) is 36.3 Å². The predicted octanol–water partition coefficient (Wildman–Crippen LogP) is 3.80. The molecule has 2 amide bonds. The lowest BCUT2D eigenvalue weighted by atomic mass is 9.95. The van der Waals surface area contributed by atoms with Crippen molar-refractivity contribution in [1.82, 2.24) is 20.1 Å². The van der Waals surface area contributed by atoms with Crippen molar-refractivity contribution in [3.63, 3.8) is 0 Å². The number of amides is 2. The Labute approximate surface area is 198 Å². The van der Waals surface area contributed by atoms with Gasteiger partial charge in [-0.2, -0.15) is 0 Å². The minimum Gasteiger partial charge on any atom is -0.459 e. The highest BCUT2D eigenvalue weighted by atomic mass is 19.1. The fourth-order valence-corrected chi connectivity index (χ4v) is 3.88. The van der Waals surface area contributed by atoms with Gasteiger partial charge in [0.15, 0.2) is 0 Å². The topological polar surface area (TPSA) is 87.9 Å². The van der Waals surface area contributed by atoms with Gasteiger partial charge in [0.2, 0.25) is 5.91 Å². The second-order valence-corrected chi connectivity index (χ2v) is 10.5. The van der Waals surface area contributed by atoms with E-state index in [4.69, 9.17) is 9.15 Å². The highest BCUT2D eigenvalue weighted by Gasteiger charge is 2.44. The summed E-state index contributed by atoms with van der Waals surface area (Å²) in [5.41, 5.74) is -2.37. The number of pyridine rings is 1. The molecular weight excluding hydrogens is 446 g/mol. The standard InChI is InChI=1S/C24H34F2N4O4/c1-22(2,3)34-21(32)30-10-9-29(13-17(30)20(31)28-24(6,14-25)15-26)23(4,5)19-11-16-12-27-8-7-18(16)33-19/h7-8,11-12,17H,9-10,13-15H2,1-6H3,(H,28,31)/t17-/m0/s1. The van der Waals surface area contributed by atoms with Crippen LogP contribution in [0.25, 0.3) is 11.0 Å². The van der Waals surface area contributed by atoms with Gasteiger partial charge >= 0.3 is 6.09 Å². The number of hydrogen-bond acceptors (Lipinski definition) is 6. The summed E-state index contributed by atoms with van der Waals surface area (Å²) in [6.07, 6.45) is 2.71. The molecule has 2 aromatic rings. The van der Waals surface area contributed by atoms with Crippen molar-refractivity contribution in [2.45, 2.75) is 64.3 Å². The Kier molecular flexibility index (Phi) is 7.21. The number of fused-ring (bicyclic) bond motifs is 1. The fraction of sp³-hybridized carbons (Fsp3) is 0.625. The Balaban J connectivity index is 1.89. The second kappa shape index (κ2) is 9.48. The van der Waals surface area contributed by atoms with Gasteiger partial charge in [-0.1, -0.05) is 0 Å². The number of piperazine rings is 1. The lowest BCUT2D eigenvalue weighted by Gasteiger charge is -2.46. The summed E-state index contributed by atoms with van der Waals surface area (Å²) in [5.74, 6) is 0.0377. The first-order valence-electron chi connectivity index (χ1n) is 11.3. The normalized spacial score (nSPS) is 18.2. The van der Waals surface area contributed by atoms with Crippen molar-refractivity contribution in [3.8, 4) is 0 Å². The number of rotatable bonds is 6. The summed E-state index contributed by atoms with van der Waals surface area (Å²) in [6.45, 7) is 9.03. The third-order valence-corrected chi connectivity index (χ3v) is 6.04. The third-order valence-electron chi connectivity index (χ3n) is 6.04. The Hall–Kier alpha value is -2.75. The zero-order chi connectivity index (χ0) is 25.3. The lowest BCUT2D eigenvalue weighted by Crippen LogP contribution is -2.66. The molecule has 8 nitrogen and oxygen atoms in total. The number of alkyl halides is 2. The number of nitrogens with zero attached hydrogens (tertiary/aromatic N) is 3. The molecule has 2 aromatic heterocycles. The van der Waals surface area contributed by atoms with E-state index in [9.17, 15) is 18.4 Å². The summed E-state index contributed by atoms with van der Waals surface area (Å²) in [7, 11) is 0. The van der Waals surface area contributed by atoms with Crippen LogP contribution in [0.4, 0.5) is 13.6 Å². The van der Waals surface area contributed by atoms with E-state index in [0.717, 1.165) is 5.39 Å². The van der Waals surface area contributed by atoms with Crippen LogP contribution in [0.1, 0.15) is 47.3 Å². The number of hydrogen-bond donors (Lipinski definition) is 1. The van der Waals surface area contributed by atoms with Crippen LogP contribution >= 0.6 is 0 Å². The van der Waals surface area contributed by atoms with Gasteiger partial charge < -0.3 is 14.5 Å². The molecule has 1 saturated heterocycles. The molecule has 1 aliphatic heterocycles. The molecule has 0 radical (unpaired) electrons. The van der Waals surface area contributed by atoms with Crippen LogP contribution in [0.5, 0.6) is 0 Å². The van der Waals surface area contributed by atoms with Crippen LogP contribution in [-0.2, 0) is 15.1 Å². The molecule has 3 heterocycles. The monoisotopic (exact) mass is 480 g/mol. The van der Waals surface area contributed by atoms with E-state index in [2.05, 4.69) is 10.3 Å². The smallest absolute Gasteiger partial charge is 0.411 e. The summed E-state index contributed by atoms with van der Waals surface area (Å²) in [6, 6.07) is 2.67. The van der Waals surface area contributed by atoms with E-state index >= 15 is 0 Å². The van der Waals surface area contributed by atoms with Crippen molar-refractivity contribution < 1.29 is 27.5 Å². The van der Waals surface area contributed by atoms with Crippen LogP contribution in [0.2, 0.25) is 0 Å². The Morgan fingerprint density at radius 1 is 1.18 bits per heavy atom. The van der Waals surface area contributed by atoms with E-state index in [1.54, 1.807) is 39.2 Å². The van der Waals surface area contributed by atoms with Crippen molar-refractivity contribution in [2.75, 3.05) is 33.0 Å². The van der Waals surface area contributed by atoms with E-state index in [1.807, 2.05) is 24.8 Å². The number of halogens is 2. The van der Waals surface area contributed by atoms with Crippen LogP contribution < -0.4 is 5.32 Å². The van der Waals surface area contributed by atoms with Crippen molar-refractivity contribution in [2.24, 2.45) is 0 Å². The molecule has 0 bridgehead atoms. The molecule has 1 aliphatic rings. The average Bonchev–Trinajstić information content (AvgIpc) is 3.22. The van der Waals surface area contributed by atoms with Gasteiger partial charge in [0.05, 0.1) is 11.1 Å². The molecule has 1 fully saturated rings. The van der Waals surface area contributed by atoms with Gasteiger partial charge in [-0.25, -0.2) is 13.6 Å². The molecule has 1 atom stereocenters. The number of ether oxygens (including phenoxy) is 1. The summed E-state index contributed by atoms with van der Waals surface area (Å²) >= 11 is 0. The van der Waals surface area contributed by atoms with Gasteiger partial charge in [-0.3, -0.25) is 19.6 Å². The quantitative estimate of drug-likeness (QED) is 0.677. The van der Waals surface area contributed by atoms with E-state index in [-0.39, 0.29) is 13.1 Å². The molecule has 0 saturated carbocycles. The minimum atomic E-state index is -1.67. The molecule has 0 spiro atoms. The fourth-order valence-electron chi connectivity index (χ4n) is 3.88. The lowest BCUT2D eigenvalue weighted by molar-refractivity contribution is -0.132. The van der Waals surface area contributed by atoms with Gasteiger partial charge in [0, 0.05) is 37.4 Å². The molecule has 0 aliphatic carbocycles. The van der Waals surface area contributed by atoms with Crippen LogP contribution in [-0.4, -0.2) is 76.9 Å². The maximum absolute atomic E-state index is 13.4. The van der Waals surface area contributed by atoms with E-state index in [0.29, 0.717) is 17.9 Å². The first-order valence-corrected chi connectivity index (χ1v) is 11.3. The summed E-state index contributed by atoms with van der Waals surface area (Å²) in [5, 5.41) is 3.30. The highest BCUT2D eigenvalue weighted by Crippen LogP contribution is 2.34. The highest BCUT2D eigenvalue weighted by molar-refractivity contribution is 5.87. The van der Waals surface area contributed by atoms with Crippen LogP contribution in [0.15, 0.2) is 28.9 Å². The van der Waals surface area contributed by atoms with Crippen molar-refractivity contribution >= 4 is 23.0 Å². The number of nitrogens with one attached hydrogen (secondary N) is 1. The number of aromatic nitrogens is 1. The first kappa shape index (κ1) is 25.9. The van der Waals surface area contributed by atoms with Crippen LogP contribution in [0.3, 0.4) is 0 Å². The maximum Gasteiger partial charge on any atom is 0.411 e. The van der Waals surface area contributed by atoms with E-state index in [1.165, 1.54) is 11.8 Å². The molecule has 0 unspecified atom stereocenters. The second-order valence-electron chi connectivity index (χ2n) is 10.5. The number of furan rings is 1. The van der Waals surface area contributed by atoms with Gasteiger partial charge in [-0.15, -0.1) is 0 Å². The average molecular weight is 481 g/mol. The molecule has 34 heavy (non-hydrogen) atoms. The summed E-state index contributed by atoms with van der Waals surface area (Å²) in [4.78, 5) is 33.6. The number of carbonyl (C=O) groups is 2. The Bertz CT molecular complexity index is 996. The Morgan fingerprint density at radius 3 is 2.44 bits per heavy atom. The van der Waals surface area contributed by atoms with Crippen LogP contribution in [0, 0.1) is 0 Å². The van der Waals surface area contributed by atoms with Crippen molar-refractivity contribution in [3.05, 3.63) is 30.3 Å². The molecular formula is C24H34F2N4O4. The minimum absolute atomic E-state index is 0.127. The zero-order valence-electron chi connectivity index (χ0n) is 20.7. The predicted molar refractivity (Wildman–Crippen MR) is 124 cm³/mol. The maximum atomic E-state index is 13.4. The molecule has 1 N–H and O–H groups in total. The molecule has 0 aromatic carbocycles.